The van der Waals surface area contributed by atoms with Gasteiger partial charge in [0.2, 0.25) is 0 Å². The van der Waals surface area contributed by atoms with Crippen molar-refractivity contribution in [1.29, 1.82) is 0 Å². The molecule has 4 fully saturated rings. The quantitative estimate of drug-likeness (QED) is 0.566. The molecule has 0 aromatic heterocycles. The summed E-state index contributed by atoms with van der Waals surface area (Å²) >= 11 is 0. The zero-order chi connectivity index (χ0) is 21.0. The molecule has 3 unspecified atom stereocenters. The molecular formula is C25H42O4. The Kier molecular flexibility index (Phi) is 5.71. The van der Waals surface area contributed by atoms with Crippen LogP contribution in [-0.2, 0) is 19.0 Å². The number of hydrogen-bond donors (Lipinski definition) is 0. The van der Waals surface area contributed by atoms with E-state index in [1.54, 1.807) is 7.11 Å². The van der Waals surface area contributed by atoms with E-state index in [4.69, 9.17) is 14.2 Å². The van der Waals surface area contributed by atoms with Crippen LogP contribution < -0.4 is 0 Å². The molecule has 2 bridgehead atoms. The van der Waals surface area contributed by atoms with E-state index < -0.39 is 0 Å². The number of rotatable bonds is 6. The first-order chi connectivity index (χ1) is 13.7. The maximum atomic E-state index is 14.1. The zero-order valence-electron chi connectivity index (χ0n) is 19.5. The van der Waals surface area contributed by atoms with Gasteiger partial charge in [0.15, 0.2) is 0 Å². The van der Waals surface area contributed by atoms with Crippen molar-refractivity contribution in [2.75, 3.05) is 21.0 Å². The Balaban J connectivity index is 1.83. The van der Waals surface area contributed by atoms with Crippen molar-refractivity contribution >= 4 is 5.78 Å². The van der Waals surface area contributed by atoms with Crippen molar-refractivity contribution in [3.05, 3.63) is 0 Å². The van der Waals surface area contributed by atoms with Gasteiger partial charge in [-0.2, -0.15) is 0 Å². The number of ether oxygens (including phenoxy) is 3. The Morgan fingerprint density at radius 3 is 2.34 bits per heavy atom. The average Bonchev–Trinajstić information content (AvgIpc) is 3.42. The van der Waals surface area contributed by atoms with E-state index in [-0.39, 0.29) is 34.4 Å². The van der Waals surface area contributed by atoms with Crippen molar-refractivity contribution in [3.63, 3.8) is 0 Å². The molecule has 0 heterocycles. The van der Waals surface area contributed by atoms with Gasteiger partial charge in [0.25, 0.3) is 0 Å². The highest BCUT2D eigenvalue weighted by atomic mass is 16.7. The molecule has 4 saturated carbocycles. The molecule has 8 atom stereocenters. The predicted molar refractivity (Wildman–Crippen MR) is 113 cm³/mol. The van der Waals surface area contributed by atoms with E-state index in [9.17, 15) is 4.79 Å². The van der Waals surface area contributed by atoms with Gasteiger partial charge in [0.1, 0.15) is 12.6 Å². The van der Waals surface area contributed by atoms with E-state index in [2.05, 4.69) is 27.7 Å². The molecule has 4 aliphatic rings. The third-order valence-corrected chi connectivity index (χ3v) is 9.97. The lowest BCUT2D eigenvalue weighted by Gasteiger charge is -2.62. The largest absolute Gasteiger partial charge is 0.381 e. The molecule has 166 valence electrons. The molecule has 29 heavy (non-hydrogen) atoms. The van der Waals surface area contributed by atoms with Crippen LogP contribution in [0.4, 0.5) is 0 Å². The fourth-order valence-electron chi connectivity index (χ4n) is 8.03. The van der Waals surface area contributed by atoms with E-state index in [1.807, 2.05) is 7.11 Å². The number of carbonyl (C=O) groups excluding carboxylic acids is 1. The van der Waals surface area contributed by atoms with Gasteiger partial charge in [-0.05, 0) is 61.7 Å². The maximum absolute atomic E-state index is 14.1. The molecule has 4 rings (SSSR count). The Morgan fingerprint density at radius 2 is 1.72 bits per heavy atom. The SMILES string of the molecule is COCO[C@@H]1C[C@@](C)(CC2CC2)C(=O)[C@H](C)C23CCC(OC)C2[C@@]1(C)[C@H](C)CC3. The summed E-state index contributed by atoms with van der Waals surface area (Å²) < 4.78 is 17.9. The second-order valence-corrected chi connectivity index (χ2v) is 11.4. The van der Waals surface area contributed by atoms with Gasteiger partial charge in [-0.3, -0.25) is 4.79 Å². The van der Waals surface area contributed by atoms with Gasteiger partial charge in [-0.25, -0.2) is 0 Å². The standard InChI is InChI=1S/C25H42O4/c1-16-9-11-25-12-10-19(28-6)21(25)24(16,4)20(29-15-27-5)14-23(3,13-18-7-8-18)22(26)17(25)2/h16-21H,7-15H2,1-6H3/t16-,17+,19?,20-,21?,23-,24+,25?/m1/s1. The molecule has 0 radical (unpaired) electrons. The second-order valence-electron chi connectivity index (χ2n) is 11.4. The smallest absolute Gasteiger partial charge is 0.146 e. The highest BCUT2D eigenvalue weighted by Gasteiger charge is 2.68. The Labute approximate surface area is 177 Å². The molecule has 0 aromatic carbocycles. The summed E-state index contributed by atoms with van der Waals surface area (Å²) in [6.45, 7) is 9.66. The molecule has 0 amide bonds. The predicted octanol–water partition coefficient (Wildman–Crippen LogP) is 5.24. The van der Waals surface area contributed by atoms with Gasteiger partial charge in [-0.1, -0.05) is 40.5 Å². The van der Waals surface area contributed by atoms with Gasteiger partial charge in [-0.15, -0.1) is 0 Å². The lowest BCUT2D eigenvalue weighted by molar-refractivity contribution is -0.220. The van der Waals surface area contributed by atoms with Gasteiger partial charge >= 0.3 is 0 Å². The lowest BCUT2D eigenvalue weighted by Crippen LogP contribution is -2.63. The molecule has 0 spiro atoms. The summed E-state index contributed by atoms with van der Waals surface area (Å²) in [5.74, 6) is 2.24. The minimum absolute atomic E-state index is 0.00622. The molecule has 4 nitrogen and oxygen atoms in total. The molecule has 0 N–H and O–H groups in total. The van der Waals surface area contributed by atoms with Crippen LogP contribution >= 0.6 is 0 Å². The number of Topliss-reactive ketones (excluding diaryl/α,β-unsaturated/α-hetero) is 1. The summed E-state index contributed by atoms with van der Waals surface area (Å²) in [5.41, 5.74) is -0.243. The fraction of sp³-hybridized carbons (Fsp3) is 0.960. The summed E-state index contributed by atoms with van der Waals surface area (Å²) in [7, 11) is 3.56. The van der Waals surface area contributed by atoms with Gasteiger partial charge in [0.05, 0.1) is 12.2 Å². The van der Waals surface area contributed by atoms with Crippen molar-refractivity contribution in [1.82, 2.24) is 0 Å². The topological polar surface area (TPSA) is 44.8 Å². The van der Waals surface area contributed by atoms with Crippen molar-refractivity contribution in [3.8, 4) is 0 Å². The monoisotopic (exact) mass is 406 g/mol. The molecule has 4 heteroatoms. The molecule has 0 aromatic rings. The van der Waals surface area contributed by atoms with E-state index in [0.29, 0.717) is 24.4 Å². The minimum atomic E-state index is -0.291. The number of ketones is 1. The summed E-state index contributed by atoms with van der Waals surface area (Å²) in [4.78, 5) is 14.1. The van der Waals surface area contributed by atoms with Crippen LogP contribution in [0.5, 0.6) is 0 Å². The first-order valence-electron chi connectivity index (χ1n) is 11.9. The average molecular weight is 407 g/mol. The number of methoxy groups -OCH3 is 2. The van der Waals surface area contributed by atoms with Crippen molar-refractivity contribution < 1.29 is 19.0 Å². The molecule has 0 aliphatic heterocycles. The zero-order valence-corrected chi connectivity index (χ0v) is 19.5. The summed E-state index contributed by atoms with van der Waals surface area (Å²) in [6.07, 6.45) is 9.17. The first kappa shape index (κ1) is 21.8. The number of carbonyl (C=O) groups is 1. The minimum Gasteiger partial charge on any atom is -0.381 e. The van der Waals surface area contributed by atoms with Crippen molar-refractivity contribution in [2.45, 2.75) is 91.3 Å². The van der Waals surface area contributed by atoms with Crippen LogP contribution in [0.1, 0.15) is 79.1 Å². The van der Waals surface area contributed by atoms with Crippen molar-refractivity contribution in [2.24, 2.45) is 39.9 Å². The molecular weight excluding hydrogens is 364 g/mol. The first-order valence-corrected chi connectivity index (χ1v) is 11.9. The molecule has 0 saturated heterocycles. The Bertz CT molecular complexity index is 630. The van der Waals surface area contributed by atoms with E-state index >= 15 is 0 Å². The van der Waals surface area contributed by atoms with Crippen LogP contribution in [0.15, 0.2) is 0 Å². The third kappa shape index (κ3) is 3.24. The molecule has 4 aliphatic carbocycles. The second kappa shape index (κ2) is 7.60. The summed E-state index contributed by atoms with van der Waals surface area (Å²) in [5, 5.41) is 0. The number of hydrogen-bond acceptors (Lipinski definition) is 4. The Hall–Kier alpha value is -0.450. The maximum Gasteiger partial charge on any atom is 0.146 e. The van der Waals surface area contributed by atoms with Crippen LogP contribution in [0, 0.1) is 39.9 Å². The van der Waals surface area contributed by atoms with Gasteiger partial charge < -0.3 is 14.2 Å². The Morgan fingerprint density at radius 1 is 1.03 bits per heavy atom. The normalized spacial score (nSPS) is 50.1. The highest BCUT2D eigenvalue weighted by molar-refractivity contribution is 5.87. The van der Waals surface area contributed by atoms with Crippen LogP contribution in [0.3, 0.4) is 0 Å². The third-order valence-electron chi connectivity index (χ3n) is 9.97. The fourth-order valence-corrected chi connectivity index (χ4v) is 8.03. The van der Waals surface area contributed by atoms with Crippen LogP contribution in [-0.4, -0.2) is 39.0 Å². The van der Waals surface area contributed by atoms with Crippen LogP contribution in [0.2, 0.25) is 0 Å². The highest BCUT2D eigenvalue weighted by Crippen LogP contribution is 2.69. The van der Waals surface area contributed by atoms with E-state index in [0.717, 1.165) is 38.0 Å². The lowest BCUT2D eigenvalue weighted by atomic mass is 9.43. The van der Waals surface area contributed by atoms with Gasteiger partial charge in [0, 0.05) is 31.0 Å². The van der Waals surface area contributed by atoms with Crippen LogP contribution in [0.25, 0.3) is 0 Å². The van der Waals surface area contributed by atoms with E-state index in [1.165, 1.54) is 19.3 Å². The summed E-state index contributed by atoms with van der Waals surface area (Å²) in [6, 6.07) is 0.